The van der Waals surface area contributed by atoms with E-state index < -0.39 is 5.82 Å². The fourth-order valence-electron chi connectivity index (χ4n) is 4.20. The molecule has 8 nitrogen and oxygen atoms in total. The molecule has 0 spiro atoms. The number of hydrogen-bond donors (Lipinski definition) is 3. The van der Waals surface area contributed by atoms with Gasteiger partial charge in [-0.1, -0.05) is 6.07 Å². The Morgan fingerprint density at radius 2 is 2.15 bits per heavy atom. The largest absolute Gasteiger partial charge is 0.492 e. The Morgan fingerprint density at radius 1 is 1.30 bits per heavy atom. The molecule has 9 heteroatoms. The van der Waals surface area contributed by atoms with Crippen molar-refractivity contribution in [2.75, 3.05) is 26.1 Å². The van der Waals surface area contributed by atoms with Gasteiger partial charge in [0.15, 0.2) is 11.6 Å². The molecule has 5 rings (SSSR count). The van der Waals surface area contributed by atoms with Crippen LogP contribution in [0, 0.1) is 5.82 Å². The number of carbonyl (C=O) groups excluding carboxylic acids is 1. The van der Waals surface area contributed by atoms with Crippen molar-refractivity contribution >= 4 is 17.3 Å². The molecule has 0 radical (unpaired) electrons. The van der Waals surface area contributed by atoms with Crippen LogP contribution in [0.5, 0.6) is 11.5 Å². The van der Waals surface area contributed by atoms with Crippen LogP contribution in [0.3, 0.4) is 0 Å². The van der Waals surface area contributed by atoms with Crippen LogP contribution in [-0.4, -0.2) is 48.8 Å². The van der Waals surface area contributed by atoms with Crippen LogP contribution in [0.1, 0.15) is 35.3 Å². The van der Waals surface area contributed by atoms with Gasteiger partial charge >= 0.3 is 0 Å². The Kier molecular flexibility index (Phi) is 5.41. The summed E-state index contributed by atoms with van der Waals surface area (Å²) in [5.41, 5.74) is 3.72. The van der Waals surface area contributed by atoms with E-state index in [2.05, 4.69) is 20.6 Å². The molecule has 1 amide bonds. The third-order valence-electron chi connectivity index (χ3n) is 6.09. The summed E-state index contributed by atoms with van der Waals surface area (Å²) in [6, 6.07) is 6.58. The van der Waals surface area contributed by atoms with Gasteiger partial charge in [0.1, 0.15) is 12.4 Å². The van der Waals surface area contributed by atoms with E-state index in [9.17, 15) is 9.18 Å². The molecule has 1 fully saturated rings. The summed E-state index contributed by atoms with van der Waals surface area (Å²) in [5, 5.41) is 6.29. The van der Waals surface area contributed by atoms with Crippen LogP contribution in [0.15, 0.2) is 36.7 Å². The lowest BCUT2D eigenvalue weighted by atomic mass is 10.0. The van der Waals surface area contributed by atoms with Crippen LogP contribution in [0.25, 0.3) is 11.3 Å². The number of ether oxygens (including phenoxy) is 3. The highest BCUT2D eigenvalue weighted by Crippen LogP contribution is 2.51. The molecule has 33 heavy (non-hydrogen) atoms. The molecule has 2 aliphatic rings. The number of hydrogen-bond acceptors (Lipinski definition) is 6. The Labute approximate surface area is 190 Å². The summed E-state index contributed by atoms with van der Waals surface area (Å²) in [7, 11) is 3.03. The number of aromatic nitrogens is 2. The zero-order chi connectivity index (χ0) is 23.1. The molecule has 1 aliphatic carbocycles. The molecule has 1 aliphatic heterocycles. The average Bonchev–Trinajstić information content (AvgIpc) is 3.49. The summed E-state index contributed by atoms with van der Waals surface area (Å²) in [5.74, 6) is 0.164. The van der Waals surface area contributed by atoms with Crippen molar-refractivity contribution in [1.82, 2.24) is 15.3 Å². The number of nitrogens with one attached hydrogen (secondary N) is 3. The summed E-state index contributed by atoms with van der Waals surface area (Å²) >= 11 is 0. The Bertz CT molecular complexity index is 1210. The van der Waals surface area contributed by atoms with Gasteiger partial charge in [0.2, 0.25) is 0 Å². The minimum absolute atomic E-state index is 0.0686. The second-order valence-corrected chi connectivity index (χ2v) is 8.26. The number of H-pyrrole nitrogens is 1. The third kappa shape index (κ3) is 3.78. The van der Waals surface area contributed by atoms with Gasteiger partial charge in [-0.2, -0.15) is 0 Å². The summed E-state index contributed by atoms with van der Waals surface area (Å²) < 4.78 is 30.9. The van der Waals surface area contributed by atoms with E-state index in [-0.39, 0.29) is 29.7 Å². The number of anilines is 2. The van der Waals surface area contributed by atoms with Gasteiger partial charge in [-0.15, -0.1) is 0 Å². The van der Waals surface area contributed by atoms with Crippen molar-refractivity contribution in [2.45, 2.75) is 31.4 Å². The molecule has 0 bridgehead atoms. The number of pyridine rings is 1. The minimum atomic E-state index is -0.498. The molecular formula is C24H25FN4O4. The molecule has 1 saturated carbocycles. The fourth-order valence-corrected chi connectivity index (χ4v) is 4.20. The monoisotopic (exact) mass is 452 g/mol. The first-order chi connectivity index (χ1) is 16.0. The molecule has 3 heterocycles. The van der Waals surface area contributed by atoms with Gasteiger partial charge < -0.3 is 29.8 Å². The number of nitrogens with zero attached hydrogens (tertiary/aromatic N) is 1. The molecule has 172 valence electrons. The first kappa shape index (κ1) is 21.3. The molecule has 3 unspecified atom stereocenters. The maximum Gasteiger partial charge on any atom is 0.255 e. The van der Waals surface area contributed by atoms with Gasteiger partial charge in [0.25, 0.3) is 5.91 Å². The van der Waals surface area contributed by atoms with Crippen molar-refractivity contribution in [3.63, 3.8) is 0 Å². The maximum absolute atomic E-state index is 14.4. The number of benzene rings is 1. The number of methoxy groups -OCH3 is 2. The Balaban J connectivity index is 1.63. The van der Waals surface area contributed by atoms with Gasteiger partial charge in [0, 0.05) is 36.5 Å². The highest BCUT2D eigenvalue weighted by molar-refractivity contribution is 6.07. The third-order valence-corrected chi connectivity index (χ3v) is 6.09. The lowest BCUT2D eigenvalue weighted by molar-refractivity contribution is 0.0717. The van der Waals surface area contributed by atoms with Gasteiger partial charge in [-0.3, -0.25) is 9.78 Å². The standard InChI is InChI=1S/C24H25FN4O4/c1-12(31-2)11-33-18-10-26-8-7-13(18)21-22(27-16-6-4-5-15(25)23(16)32-3)19-20(29-21)14-9-17(14)28-24(19)30/h4-8,10,12,14,17,27,29H,9,11H2,1-3H3,(H,28,30). The number of fused-ring (bicyclic) bond motifs is 3. The summed E-state index contributed by atoms with van der Waals surface area (Å²) in [6.45, 7) is 2.24. The molecule has 3 N–H and O–H groups in total. The normalized spacial score (nSPS) is 19.2. The van der Waals surface area contributed by atoms with E-state index in [0.717, 1.165) is 17.7 Å². The van der Waals surface area contributed by atoms with E-state index >= 15 is 0 Å². The van der Waals surface area contributed by atoms with Gasteiger partial charge in [-0.25, -0.2) is 4.39 Å². The molecular weight excluding hydrogens is 427 g/mol. The lowest BCUT2D eigenvalue weighted by Crippen LogP contribution is -2.31. The topological polar surface area (TPSA) is 97.5 Å². The second-order valence-electron chi connectivity index (χ2n) is 8.26. The highest BCUT2D eigenvalue weighted by atomic mass is 19.1. The maximum atomic E-state index is 14.4. The predicted molar refractivity (Wildman–Crippen MR) is 121 cm³/mol. The lowest BCUT2D eigenvalue weighted by Gasteiger charge is -2.17. The van der Waals surface area contributed by atoms with Crippen molar-refractivity contribution in [3.05, 3.63) is 53.7 Å². The summed E-state index contributed by atoms with van der Waals surface area (Å²) in [6.07, 6.45) is 4.06. The predicted octanol–water partition coefficient (Wildman–Crippen LogP) is 3.98. The van der Waals surface area contributed by atoms with Crippen molar-refractivity contribution in [2.24, 2.45) is 0 Å². The van der Waals surface area contributed by atoms with Gasteiger partial charge in [0.05, 0.1) is 42.0 Å². The van der Waals surface area contributed by atoms with Crippen LogP contribution >= 0.6 is 0 Å². The zero-order valence-corrected chi connectivity index (χ0v) is 18.6. The number of para-hydroxylation sites is 1. The number of amides is 1. The number of halogens is 1. The van der Waals surface area contributed by atoms with Crippen molar-refractivity contribution < 1.29 is 23.4 Å². The zero-order valence-electron chi connectivity index (χ0n) is 18.6. The first-order valence-corrected chi connectivity index (χ1v) is 10.8. The van der Waals surface area contributed by atoms with Crippen molar-refractivity contribution in [3.8, 4) is 22.8 Å². The quantitative estimate of drug-likeness (QED) is 0.478. The van der Waals surface area contributed by atoms with E-state index in [4.69, 9.17) is 14.2 Å². The molecule has 3 aromatic rings. The first-order valence-electron chi connectivity index (χ1n) is 10.8. The van der Waals surface area contributed by atoms with E-state index in [0.29, 0.717) is 35.0 Å². The fraction of sp³-hybridized carbons (Fsp3) is 0.333. The number of aromatic amines is 1. The molecule has 3 atom stereocenters. The SMILES string of the molecule is COc1c(F)cccc1Nc1c(-c2ccncc2OCC(C)OC)[nH]c2c1C(=O)NC1CC21. The highest BCUT2D eigenvalue weighted by Gasteiger charge is 2.48. The molecule has 0 saturated heterocycles. The Hall–Kier alpha value is -3.59. The van der Waals surface area contributed by atoms with E-state index in [1.165, 1.54) is 13.2 Å². The van der Waals surface area contributed by atoms with E-state index in [1.807, 2.05) is 13.0 Å². The summed E-state index contributed by atoms with van der Waals surface area (Å²) in [4.78, 5) is 20.7. The van der Waals surface area contributed by atoms with Crippen LogP contribution in [0.2, 0.25) is 0 Å². The Morgan fingerprint density at radius 3 is 2.94 bits per heavy atom. The average molecular weight is 452 g/mol. The van der Waals surface area contributed by atoms with Crippen LogP contribution in [0.4, 0.5) is 15.8 Å². The number of carbonyl (C=O) groups is 1. The van der Waals surface area contributed by atoms with Crippen LogP contribution in [-0.2, 0) is 4.74 Å². The number of rotatable bonds is 8. The van der Waals surface area contributed by atoms with E-state index in [1.54, 1.807) is 31.6 Å². The van der Waals surface area contributed by atoms with Crippen LogP contribution < -0.4 is 20.1 Å². The van der Waals surface area contributed by atoms with Gasteiger partial charge in [-0.05, 0) is 31.5 Å². The second kappa shape index (κ2) is 8.40. The molecule has 1 aromatic carbocycles. The molecule has 2 aromatic heterocycles. The van der Waals surface area contributed by atoms with Crippen molar-refractivity contribution in [1.29, 1.82) is 0 Å². The smallest absolute Gasteiger partial charge is 0.255 e. The minimum Gasteiger partial charge on any atom is -0.492 e.